The van der Waals surface area contributed by atoms with Gasteiger partial charge in [-0.3, -0.25) is 9.78 Å². The number of hydrogen-bond acceptors (Lipinski definition) is 4. The van der Waals surface area contributed by atoms with Crippen LogP contribution in [0.2, 0.25) is 0 Å². The summed E-state index contributed by atoms with van der Waals surface area (Å²) in [6.45, 7) is 3.51. The second-order valence-corrected chi connectivity index (χ2v) is 9.90. The molecule has 1 aromatic rings. The summed E-state index contributed by atoms with van der Waals surface area (Å²) >= 11 is 0. The predicted octanol–water partition coefficient (Wildman–Crippen LogP) is 2.39. The van der Waals surface area contributed by atoms with Crippen molar-refractivity contribution in [3.05, 3.63) is 24.5 Å². The van der Waals surface area contributed by atoms with Crippen LogP contribution in [0.25, 0.3) is 0 Å². The maximum Gasteiger partial charge on any atom is 0.315 e. The van der Waals surface area contributed by atoms with Crippen molar-refractivity contribution in [3.63, 3.8) is 0 Å². The number of nitrogens with zero attached hydrogens (tertiary/aromatic N) is 3. The van der Waals surface area contributed by atoms with Crippen LogP contribution in [0.15, 0.2) is 24.5 Å². The zero-order valence-corrected chi connectivity index (χ0v) is 17.7. The maximum absolute atomic E-state index is 12.6. The molecule has 1 saturated heterocycles. The fraction of sp³-hybridized carbons (Fsp3) is 0.696. The third-order valence-electron chi connectivity index (χ3n) is 7.70. The molecule has 0 spiro atoms. The van der Waals surface area contributed by atoms with Gasteiger partial charge in [-0.25, -0.2) is 4.79 Å². The van der Waals surface area contributed by atoms with E-state index in [1.165, 1.54) is 19.3 Å². The number of pyridine rings is 1. The molecule has 5 aliphatic rings. The van der Waals surface area contributed by atoms with Gasteiger partial charge in [-0.05, 0) is 68.4 Å². The Morgan fingerprint density at radius 2 is 1.57 bits per heavy atom. The molecule has 0 atom stereocenters. The van der Waals surface area contributed by atoms with Crippen molar-refractivity contribution in [1.82, 2.24) is 20.5 Å². The van der Waals surface area contributed by atoms with Crippen LogP contribution in [-0.2, 0) is 4.79 Å². The van der Waals surface area contributed by atoms with Crippen LogP contribution < -0.4 is 15.5 Å². The van der Waals surface area contributed by atoms with Gasteiger partial charge in [0.1, 0.15) is 0 Å². The summed E-state index contributed by atoms with van der Waals surface area (Å²) in [5.41, 5.74) is 1.17. The van der Waals surface area contributed by atoms with Crippen molar-refractivity contribution in [2.45, 2.75) is 50.5 Å². The van der Waals surface area contributed by atoms with E-state index >= 15 is 0 Å². The fourth-order valence-corrected chi connectivity index (χ4v) is 6.76. The molecule has 5 fully saturated rings. The molecule has 6 rings (SSSR count). The SMILES string of the molecule is O=C(NCCC(=O)N1CCN(c2ccncc2)CC1)NC12CC3CC(CC(C3)C1)C2. The van der Waals surface area contributed by atoms with Crippen molar-refractivity contribution < 1.29 is 9.59 Å². The quantitative estimate of drug-likeness (QED) is 0.780. The minimum Gasteiger partial charge on any atom is -0.368 e. The third-order valence-corrected chi connectivity index (χ3v) is 7.70. The largest absolute Gasteiger partial charge is 0.368 e. The van der Waals surface area contributed by atoms with Gasteiger partial charge in [-0.1, -0.05) is 0 Å². The highest BCUT2D eigenvalue weighted by molar-refractivity contribution is 5.79. The maximum atomic E-state index is 12.6. The van der Waals surface area contributed by atoms with E-state index in [-0.39, 0.29) is 17.5 Å². The van der Waals surface area contributed by atoms with Crippen molar-refractivity contribution >= 4 is 17.6 Å². The zero-order chi connectivity index (χ0) is 20.6. The summed E-state index contributed by atoms with van der Waals surface area (Å²) in [6.07, 6.45) is 11.5. The lowest BCUT2D eigenvalue weighted by atomic mass is 9.53. The Balaban J connectivity index is 1.04. The Bertz CT molecular complexity index is 740. The van der Waals surface area contributed by atoms with Crippen LogP contribution >= 0.6 is 0 Å². The lowest BCUT2D eigenvalue weighted by Gasteiger charge is -2.56. The number of aromatic nitrogens is 1. The zero-order valence-electron chi connectivity index (χ0n) is 17.7. The monoisotopic (exact) mass is 411 g/mol. The number of nitrogens with one attached hydrogen (secondary N) is 2. The van der Waals surface area contributed by atoms with Crippen molar-refractivity contribution in [2.75, 3.05) is 37.6 Å². The molecule has 2 N–H and O–H groups in total. The number of urea groups is 1. The van der Waals surface area contributed by atoms with Gasteiger partial charge in [-0.15, -0.1) is 0 Å². The molecule has 4 saturated carbocycles. The summed E-state index contributed by atoms with van der Waals surface area (Å²) in [4.78, 5) is 33.3. The van der Waals surface area contributed by atoms with Gasteiger partial charge in [0, 0.05) is 62.8 Å². The number of hydrogen-bond donors (Lipinski definition) is 2. The molecule has 0 radical (unpaired) electrons. The van der Waals surface area contributed by atoms with E-state index in [9.17, 15) is 9.59 Å². The second kappa shape index (κ2) is 8.08. The third kappa shape index (κ3) is 4.12. The molecule has 0 unspecified atom stereocenters. The molecule has 4 aliphatic carbocycles. The molecule has 1 aromatic heterocycles. The Kier molecular flexibility index (Phi) is 5.29. The first-order valence-electron chi connectivity index (χ1n) is 11.6. The number of rotatable bonds is 5. The average molecular weight is 412 g/mol. The molecule has 1 aliphatic heterocycles. The summed E-state index contributed by atoms with van der Waals surface area (Å²) in [7, 11) is 0. The number of anilines is 1. The van der Waals surface area contributed by atoms with E-state index in [0.29, 0.717) is 13.0 Å². The highest BCUT2D eigenvalue weighted by atomic mass is 16.2. The number of piperazine rings is 1. The molecular formula is C23H33N5O2. The van der Waals surface area contributed by atoms with Gasteiger partial charge in [0.15, 0.2) is 0 Å². The van der Waals surface area contributed by atoms with E-state index in [0.717, 1.165) is 68.9 Å². The van der Waals surface area contributed by atoms with Gasteiger partial charge in [-0.2, -0.15) is 0 Å². The summed E-state index contributed by atoms with van der Waals surface area (Å²) in [5.74, 6) is 2.55. The first kappa shape index (κ1) is 19.6. The second-order valence-electron chi connectivity index (χ2n) is 9.90. The van der Waals surface area contributed by atoms with Crippen LogP contribution in [0.5, 0.6) is 0 Å². The van der Waals surface area contributed by atoms with Gasteiger partial charge >= 0.3 is 6.03 Å². The van der Waals surface area contributed by atoms with E-state index in [1.54, 1.807) is 12.4 Å². The van der Waals surface area contributed by atoms with Crippen LogP contribution in [0, 0.1) is 17.8 Å². The van der Waals surface area contributed by atoms with Crippen molar-refractivity contribution in [1.29, 1.82) is 0 Å². The Morgan fingerprint density at radius 3 is 2.17 bits per heavy atom. The van der Waals surface area contributed by atoms with E-state index < -0.39 is 0 Å². The van der Waals surface area contributed by atoms with Crippen molar-refractivity contribution in [2.24, 2.45) is 17.8 Å². The molecule has 30 heavy (non-hydrogen) atoms. The van der Waals surface area contributed by atoms with Crippen LogP contribution in [0.4, 0.5) is 10.5 Å². The normalized spacial score (nSPS) is 32.2. The topological polar surface area (TPSA) is 77.6 Å². The van der Waals surface area contributed by atoms with Gasteiger partial charge < -0.3 is 20.4 Å². The molecule has 7 heteroatoms. The Morgan fingerprint density at radius 1 is 0.967 bits per heavy atom. The lowest BCUT2D eigenvalue weighted by molar-refractivity contribution is -0.131. The van der Waals surface area contributed by atoms with E-state index in [2.05, 4.69) is 20.5 Å². The molecule has 162 valence electrons. The molecule has 2 heterocycles. The Labute approximate surface area is 178 Å². The Hall–Kier alpha value is -2.31. The van der Waals surface area contributed by atoms with Crippen molar-refractivity contribution in [3.8, 4) is 0 Å². The number of carbonyl (C=O) groups is 2. The summed E-state index contributed by atoms with van der Waals surface area (Å²) in [5, 5.41) is 6.26. The summed E-state index contributed by atoms with van der Waals surface area (Å²) in [6, 6.07) is 3.92. The average Bonchev–Trinajstić information content (AvgIpc) is 2.73. The minimum atomic E-state index is -0.0905. The van der Waals surface area contributed by atoms with E-state index in [4.69, 9.17) is 0 Å². The number of carbonyl (C=O) groups excluding carboxylic acids is 2. The molecular weight excluding hydrogens is 378 g/mol. The van der Waals surface area contributed by atoms with Crippen LogP contribution in [0.3, 0.4) is 0 Å². The molecule has 4 bridgehead atoms. The first-order valence-corrected chi connectivity index (χ1v) is 11.6. The smallest absolute Gasteiger partial charge is 0.315 e. The van der Waals surface area contributed by atoms with Gasteiger partial charge in [0.25, 0.3) is 0 Å². The minimum absolute atomic E-state index is 0.0200. The lowest BCUT2D eigenvalue weighted by Crippen LogP contribution is -2.61. The first-order chi connectivity index (χ1) is 14.6. The van der Waals surface area contributed by atoms with Crippen LogP contribution in [-0.4, -0.2) is 60.1 Å². The fourth-order valence-electron chi connectivity index (χ4n) is 6.76. The van der Waals surface area contributed by atoms with Gasteiger partial charge in [0.2, 0.25) is 5.91 Å². The number of amides is 3. The summed E-state index contributed by atoms with van der Waals surface area (Å²) < 4.78 is 0. The standard InChI is InChI=1S/C23H33N5O2/c29-21(28-9-7-27(8-10-28)20-1-4-24-5-2-20)3-6-25-22(30)26-23-14-17-11-18(15-23)13-19(12-17)16-23/h1-2,4-5,17-19H,3,6-16H2,(H2,25,26,30). The highest BCUT2D eigenvalue weighted by Crippen LogP contribution is 2.55. The van der Waals surface area contributed by atoms with E-state index in [1.807, 2.05) is 17.0 Å². The highest BCUT2D eigenvalue weighted by Gasteiger charge is 2.51. The predicted molar refractivity (Wildman–Crippen MR) is 115 cm³/mol. The van der Waals surface area contributed by atoms with Crippen LogP contribution in [0.1, 0.15) is 44.9 Å². The molecule has 3 amide bonds. The van der Waals surface area contributed by atoms with Gasteiger partial charge in [0.05, 0.1) is 0 Å². The molecule has 0 aromatic carbocycles. The molecule has 7 nitrogen and oxygen atoms in total.